The summed E-state index contributed by atoms with van der Waals surface area (Å²) in [5.41, 5.74) is 2.65. The Morgan fingerprint density at radius 2 is 2.06 bits per heavy atom. The Hall–Kier alpha value is -0.870. The fraction of sp³-hybridized carbons (Fsp3) is 0.214. The summed E-state index contributed by atoms with van der Waals surface area (Å²) in [5, 5.41) is 0. The maximum atomic E-state index is 4.54. The highest BCUT2D eigenvalue weighted by molar-refractivity contribution is 9.11. The Morgan fingerprint density at radius 1 is 1.28 bits per heavy atom. The van der Waals surface area contributed by atoms with Crippen LogP contribution in [-0.2, 0) is 6.42 Å². The first-order chi connectivity index (χ1) is 8.66. The number of hydrogen-bond acceptors (Lipinski definition) is 2. The van der Waals surface area contributed by atoms with Crippen molar-refractivity contribution in [3.63, 3.8) is 0 Å². The highest BCUT2D eigenvalue weighted by Gasteiger charge is 2.28. The smallest absolute Gasteiger partial charge is 0.147 e. The van der Waals surface area contributed by atoms with Gasteiger partial charge in [0.15, 0.2) is 0 Å². The summed E-state index contributed by atoms with van der Waals surface area (Å²) in [6, 6.07) is 11.0. The largest absolute Gasteiger partial charge is 0.322 e. The van der Waals surface area contributed by atoms with Gasteiger partial charge in [-0.15, -0.1) is 0 Å². The van der Waals surface area contributed by atoms with Gasteiger partial charge in [0, 0.05) is 22.4 Å². The number of aromatic nitrogens is 1. The summed E-state index contributed by atoms with van der Waals surface area (Å²) in [6.07, 6.45) is 2.91. The molecular weight excluding hydrogens is 356 g/mol. The lowest BCUT2D eigenvalue weighted by molar-refractivity contribution is 0.749. The molecule has 2 aromatic rings. The monoisotopic (exact) mass is 366 g/mol. The minimum atomic E-state index is 0.437. The number of anilines is 2. The third-order valence-corrected chi connectivity index (χ3v) is 4.24. The predicted octanol–water partition coefficient (Wildman–Crippen LogP) is 4.69. The van der Waals surface area contributed by atoms with Gasteiger partial charge in [0.1, 0.15) is 5.82 Å². The molecule has 0 spiro atoms. The quantitative estimate of drug-likeness (QED) is 0.726. The number of nitrogens with zero attached hydrogens (tertiary/aromatic N) is 2. The Kier molecular flexibility index (Phi) is 3.16. The number of halogens is 2. The molecule has 0 radical (unpaired) electrons. The van der Waals surface area contributed by atoms with Gasteiger partial charge < -0.3 is 4.90 Å². The zero-order chi connectivity index (χ0) is 12.7. The normalized spacial score (nSPS) is 17.9. The highest BCUT2D eigenvalue weighted by atomic mass is 79.9. The Morgan fingerprint density at radius 3 is 2.83 bits per heavy atom. The van der Waals surface area contributed by atoms with Crippen LogP contribution in [0.1, 0.15) is 12.5 Å². The average molecular weight is 368 g/mol. The number of rotatable bonds is 1. The van der Waals surface area contributed by atoms with Gasteiger partial charge in [0.2, 0.25) is 0 Å². The van der Waals surface area contributed by atoms with Crippen molar-refractivity contribution in [1.29, 1.82) is 0 Å². The van der Waals surface area contributed by atoms with Crippen LogP contribution in [0.2, 0.25) is 0 Å². The Balaban J connectivity index is 2.12. The maximum Gasteiger partial charge on any atom is 0.147 e. The van der Waals surface area contributed by atoms with Gasteiger partial charge in [-0.3, -0.25) is 0 Å². The van der Waals surface area contributed by atoms with Crippen molar-refractivity contribution >= 4 is 43.4 Å². The van der Waals surface area contributed by atoms with Crippen LogP contribution in [0.15, 0.2) is 45.5 Å². The molecule has 2 heterocycles. The van der Waals surface area contributed by atoms with E-state index in [1.807, 2.05) is 12.3 Å². The summed E-state index contributed by atoms with van der Waals surface area (Å²) >= 11 is 7.04. The zero-order valence-electron chi connectivity index (χ0n) is 9.90. The molecule has 0 fully saturated rings. The van der Waals surface area contributed by atoms with Crippen molar-refractivity contribution in [3.05, 3.63) is 51.0 Å². The van der Waals surface area contributed by atoms with E-state index in [1.54, 1.807) is 0 Å². The van der Waals surface area contributed by atoms with Gasteiger partial charge in [-0.1, -0.05) is 18.2 Å². The third kappa shape index (κ3) is 1.97. The van der Waals surface area contributed by atoms with Crippen LogP contribution in [-0.4, -0.2) is 11.0 Å². The van der Waals surface area contributed by atoms with Crippen LogP contribution >= 0.6 is 31.9 Å². The van der Waals surface area contributed by atoms with Gasteiger partial charge in [0.05, 0.1) is 4.47 Å². The minimum absolute atomic E-state index is 0.437. The molecule has 1 aliphatic heterocycles. The first-order valence-corrected chi connectivity index (χ1v) is 7.43. The SMILES string of the molecule is CC1Cc2ccccc2N1c1ncc(Br)cc1Br. The molecular formula is C14H12Br2N2. The molecule has 1 unspecified atom stereocenters. The van der Waals surface area contributed by atoms with Crippen LogP contribution < -0.4 is 4.90 Å². The highest BCUT2D eigenvalue weighted by Crippen LogP contribution is 2.40. The lowest BCUT2D eigenvalue weighted by Gasteiger charge is -2.24. The van der Waals surface area contributed by atoms with E-state index in [1.165, 1.54) is 11.3 Å². The summed E-state index contributed by atoms with van der Waals surface area (Å²) in [6.45, 7) is 2.23. The number of hydrogen-bond donors (Lipinski definition) is 0. The van der Waals surface area contributed by atoms with E-state index in [0.717, 1.165) is 21.2 Å². The van der Waals surface area contributed by atoms with Crippen molar-refractivity contribution in [1.82, 2.24) is 4.98 Å². The molecule has 0 bridgehead atoms. The fourth-order valence-electron chi connectivity index (χ4n) is 2.47. The molecule has 0 saturated carbocycles. The summed E-state index contributed by atoms with van der Waals surface area (Å²) in [5.74, 6) is 0.982. The van der Waals surface area contributed by atoms with Crippen LogP contribution in [0, 0.1) is 0 Å². The standard InChI is InChI=1S/C14H12Br2N2/c1-9-6-10-4-2-3-5-13(10)18(9)14-12(16)7-11(15)8-17-14/h2-5,7-9H,6H2,1H3. The minimum Gasteiger partial charge on any atom is -0.322 e. The fourth-order valence-corrected chi connectivity index (χ4v) is 3.65. The van der Waals surface area contributed by atoms with Crippen molar-refractivity contribution < 1.29 is 0 Å². The van der Waals surface area contributed by atoms with E-state index < -0.39 is 0 Å². The second-order valence-electron chi connectivity index (χ2n) is 4.51. The van der Waals surface area contributed by atoms with Gasteiger partial charge in [-0.05, 0) is 62.9 Å². The Bertz CT molecular complexity index is 598. The lowest BCUT2D eigenvalue weighted by Crippen LogP contribution is -2.25. The molecule has 1 aromatic heterocycles. The van der Waals surface area contributed by atoms with E-state index in [0.29, 0.717) is 6.04 Å². The molecule has 0 saturated heterocycles. The van der Waals surface area contributed by atoms with Gasteiger partial charge in [-0.2, -0.15) is 0 Å². The molecule has 0 aliphatic carbocycles. The summed E-state index contributed by atoms with van der Waals surface area (Å²) < 4.78 is 2.00. The summed E-state index contributed by atoms with van der Waals surface area (Å²) in [7, 11) is 0. The molecule has 2 nitrogen and oxygen atoms in total. The van der Waals surface area contributed by atoms with E-state index in [-0.39, 0.29) is 0 Å². The number of fused-ring (bicyclic) bond motifs is 1. The van der Waals surface area contributed by atoms with Gasteiger partial charge in [-0.25, -0.2) is 4.98 Å². The third-order valence-electron chi connectivity index (χ3n) is 3.22. The van der Waals surface area contributed by atoms with E-state index in [2.05, 4.69) is 72.9 Å². The van der Waals surface area contributed by atoms with Gasteiger partial charge >= 0.3 is 0 Å². The van der Waals surface area contributed by atoms with Crippen molar-refractivity contribution in [2.24, 2.45) is 0 Å². The molecule has 3 rings (SSSR count). The number of benzene rings is 1. The number of pyridine rings is 1. The Labute approximate surface area is 123 Å². The predicted molar refractivity (Wildman–Crippen MR) is 81.4 cm³/mol. The van der Waals surface area contributed by atoms with Crippen LogP contribution in [0.4, 0.5) is 11.5 Å². The van der Waals surface area contributed by atoms with Crippen LogP contribution in [0.25, 0.3) is 0 Å². The molecule has 92 valence electrons. The average Bonchev–Trinajstić information content (AvgIpc) is 2.66. The molecule has 4 heteroatoms. The van der Waals surface area contributed by atoms with E-state index in [9.17, 15) is 0 Å². The van der Waals surface area contributed by atoms with Crippen molar-refractivity contribution in [3.8, 4) is 0 Å². The van der Waals surface area contributed by atoms with E-state index in [4.69, 9.17) is 0 Å². The molecule has 18 heavy (non-hydrogen) atoms. The molecule has 1 aromatic carbocycles. The van der Waals surface area contributed by atoms with Crippen molar-refractivity contribution in [2.75, 3.05) is 4.90 Å². The zero-order valence-corrected chi connectivity index (χ0v) is 13.1. The number of para-hydroxylation sites is 1. The van der Waals surface area contributed by atoms with Crippen LogP contribution in [0.5, 0.6) is 0 Å². The van der Waals surface area contributed by atoms with E-state index >= 15 is 0 Å². The summed E-state index contributed by atoms with van der Waals surface area (Å²) in [4.78, 5) is 6.84. The molecule has 0 N–H and O–H groups in total. The van der Waals surface area contributed by atoms with Gasteiger partial charge in [0.25, 0.3) is 0 Å². The van der Waals surface area contributed by atoms with Crippen molar-refractivity contribution in [2.45, 2.75) is 19.4 Å². The first kappa shape index (κ1) is 12.2. The molecule has 1 atom stereocenters. The topological polar surface area (TPSA) is 16.1 Å². The lowest BCUT2D eigenvalue weighted by atomic mass is 10.1. The molecule has 1 aliphatic rings. The maximum absolute atomic E-state index is 4.54. The van der Waals surface area contributed by atoms with Crippen LogP contribution in [0.3, 0.4) is 0 Å². The first-order valence-electron chi connectivity index (χ1n) is 5.85. The molecule has 0 amide bonds. The second kappa shape index (κ2) is 4.67. The second-order valence-corrected chi connectivity index (χ2v) is 6.28.